The first-order valence-electron chi connectivity index (χ1n) is 8.52. The molecule has 0 spiro atoms. The molecule has 1 heterocycles. The maximum atomic E-state index is 12.9. The summed E-state index contributed by atoms with van der Waals surface area (Å²) in [4.78, 5) is 17.5. The summed E-state index contributed by atoms with van der Waals surface area (Å²) in [6.07, 6.45) is 1.09. The van der Waals surface area contributed by atoms with Crippen LogP contribution in [0.5, 0.6) is 0 Å². The van der Waals surface area contributed by atoms with Gasteiger partial charge in [0, 0.05) is 22.5 Å². The Morgan fingerprint density at radius 2 is 1.63 bits per heavy atom. The topological polar surface area (TPSA) is 88.2 Å². The van der Waals surface area contributed by atoms with E-state index in [4.69, 9.17) is 0 Å². The molecule has 7 heteroatoms. The Bertz CT molecular complexity index is 1090. The first-order valence-corrected chi connectivity index (χ1v) is 10.4. The molecule has 1 aromatic heterocycles. The fourth-order valence-electron chi connectivity index (χ4n) is 2.71. The predicted molar refractivity (Wildman–Crippen MR) is 109 cm³/mol. The Kier molecular flexibility index (Phi) is 5.14. The monoisotopic (exact) mass is 383 g/mol. The van der Waals surface area contributed by atoms with Crippen LogP contribution in [0.2, 0.25) is 0 Å². The van der Waals surface area contributed by atoms with Crippen molar-refractivity contribution < 1.29 is 13.2 Å². The van der Waals surface area contributed by atoms with E-state index < -0.39 is 10.0 Å². The molecule has 0 aliphatic heterocycles. The molecule has 1 amide bonds. The van der Waals surface area contributed by atoms with E-state index in [-0.39, 0.29) is 11.8 Å². The second kappa shape index (κ2) is 7.36. The standard InChI is InChI=1S/C20H21N3O3S/c1-13(2)19-12-17(16-6-4-5-7-18(16)22-19)20(24)21-14-8-10-15(11-9-14)23-27(3,25)26/h4-13,23H,1-3H3,(H,21,24). The van der Waals surface area contributed by atoms with Gasteiger partial charge in [-0.25, -0.2) is 8.42 Å². The van der Waals surface area contributed by atoms with Gasteiger partial charge in [0.25, 0.3) is 5.91 Å². The Hall–Kier alpha value is -2.93. The van der Waals surface area contributed by atoms with Gasteiger partial charge in [-0.1, -0.05) is 32.0 Å². The van der Waals surface area contributed by atoms with Crippen LogP contribution in [0, 0.1) is 0 Å². The number of aromatic nitrogens is 1. The SMILES string of the molecule is CC(C)c1cc(C(=O)Nc2ccc(NS(C)(=O)=O)cc2)c2ccccc2n1. The fraction of sp³-hybridized carbons (Fsp3) is 0.200. The number of carbonyl (C=O) groups excluding carboxylic acids is 1. The van der Waals surface area contributed by atoms with E-state index in [1.165, 1.54) is 0 Å². The highest BCUT2D eigenvalue weighted by atomic mass is 32.2. The van der Waals surface area contributed by atoms with Gasteiger partial charge < -0.3 is 5.32 Å². The highest BCUT2D eigenvalue weighted by Crippen LogP contribution is 2.24. The summed E-state index contributed by atoms with van der Waals surface area (Å²) in [5.74, 6) is -0.0400. The Morgan fingerprint density at radius 3 is 2.26 bits per heavy atom. The van der Waals surface area contributed by atoms with Crippen molar-refractivity contribution in [3.8, 4) is 0 Å². The van der Waals surface area contributed by atoms with Crippen LogP contribution in [0.1, 0.15) is 35.8 Å². The van der Waals surface area contributed by atoms with Crippen molar-refractivity contribution in [3.05, 3.63) is 65.9 Å². The van der Waals surface area contributed by atoms with E-state index in [1.54, 1.807) is 24.3 Å². The summed E-state index contributed by atoms with van der Waals surface area (Å²) in [6, 6.07) is 15.9. The average Bonchev–Trinajstić information content (AvgIpc) is 2.61. The lowest BCUT2D eigenvalue weighted by atomic mass is 10.0. The number of anilines is 2. The molecule has 2 N–H and O–H groups in total. The van der Waals surface area contributed by atoms with Crippen LogP contribution in [0.25, 0.3) is 10.9 Å². The number of amides is 1. The average molecular weight is 383 g/mol. The first-order chi connectivity index (χ1) is 12.7. The Labute approximate surface area is 158 Å². The summed E-state index contributed by atoms with van der Waals surface area (Å²) in [5, 5.41) is 3.65. The third-order valence-corrected chi connectivity index (χ3v) is 4.62. The lowest BCUT2D eigenvalue weighted by Crippen LogP contribution is -2.14. The minimum absolute atomic E-state index is 0.197. The minimum Gasteiger partial charge on any atom is -0.322 e. The van der Waals surface area contributed by atoms with Gasteiger partial charge in [0.05, 0.1) is 17.3 Å². The molecule has 3 aromatic rings. The molecule has 0 saturated carbocycles. The maximum absolute atomic E-state index is 12.9. The summed E-state index contributed by atoms with van der Waals surface area (Å²) < 4.78 is 24.9. The number of carbonyl (C=O) groups is 1. The third-order valence-electron chi connectivity index (χ3n) is 4.02. The summed E-state index contributed by atoms with van der Waals surface area (Å²) in [6.45, 7) is 4.07. The van der Waals surface area contributed by atoms with Crippen LogP contribution in [-0.4, -0.2) is 25.6 Å². The van der Waals surface area contributed by atoms with Gasteiger partial charge in [0.15, 0.2) is 0 Å². The van der Waals surface area contributed by atoms with Crippen molar-refractivity contribution in [2.45, 2.75) is 19.8 Å². The van der Waals surface area contributed by atoms with Crippen molar-refractivity contribution in [2.24, 2.45) is 0 Å². The zero-order chi connectivity index (χ0) is 19.6. The highest BCUT2D eigenvalue weighted by Gasteiger charge is 2.14. The molecule has 3 rings (SSSR count). The maximum Gasteiger partial charge on any atom is 0.256 e. The molecule has 6 nitrogen and oxygen atoms in total. The molecule has 0 radical (unpaired) electrons. The van der Waals surface area contributed by atoms with E-state index in [0.717, 1.165) is 22.9 Å². The molecular weight excluding hydrogens is 362 g/mol. The minimum atomic E-state index is -3.34. The molecule has 0 bridgehead atoms. The number of benzene rings is 2. The van der Waals surface area contributed by atoms with Crippen LogP contribution >= 0.6 is 0 Å². The number of para-hydroxylation sites is 1. The predicted octanol–water partition coefficient (Wildman–Crippen LogP) is 3.98. The van der Waals surface area contributed by atoms with Crippen LogP contribution in [0.4, 0.5) is 11.4 Å². The molecule has 2 aromatic carbocycles. The van der Waals surface area contributed by atoms with Gasteiger partial charge in [-0.2, -0.15) is 0 Å². The molecular formula is C20H21N3O3S. The van der Waals surface area contributed by atoms with Gasteiger partial charge >= 0.3 is 0 Å². The van der Waals surface area contributed by atoms with E-state index in [0.29, 0.717) is 16.9 Å². The fourth-order valence-corrected chi connectivity index (χ4v) is 3.28. The normalized spacial score (nSPS) is 11.6. The summed E-state index contributed by atoms with van der Waals surface area (Å²) in [7, 11) is -3.34. The molecule has 0 atom stereocenters. The molecule has 0 saturated heterocycles. The quantitative estimate of drug-likeness (QED) is 0.697. The number of sulfonamides is 1. The van der Waals surface area contributed by atoms with E-state index in [2.05, 4.69) is 15.0 Å². The number of nitrogens with one attached hydrogen (secondary N) is 2. The second-order valence-electron chi connectivity index (χ2n) is 6.67. The molecule has 27 heavy (non-hydrogen) atoms. The lowest BCUT2D eigenvalue weighted by molar-refractivity contribution is 0.102. The van der Waals surface area contributed by atoms with Gasteiger partial charge in [0.2, 0.25) is 10.0 Å². The number of rotatable bonds is 5. The number of hydrogen-bond acceptors (Lipinski definition) is 4. The Balaban J connectivity index is 1.90. The zero-order valence-corrected chi connectivity index (χ0v) is 16.2. The van der Waals surface area contributed by atoms with Crippen molar-refractivity contribution in [3.63, 3.8) is 0 Å². The number of pyridine rings is 1. The zero-order valence-electron chi connectivity index (χ0n) is 15.4. The number of fused-ring (bicyclic) bond motifs is 1. The van der Waals surface area contributed by atoms with Crippen LogP contribution < -0.4 is 10.0 Å². The van der Waals surface area contributed by atoms with Gasteiger partial charge in [-0.3, -0.25) is 14.5 Å². The molecule has 0 aliphatic carbocycles. The van der Waals surface area contributed by atoms with Crippen molar-refractivity contribution in [1.29, 1.82) is 0 Å². The Morgan fingerprint density at radius 1 is 1.00 bits per heavy atom. The first kappa shape index (κ1) is 18.8. The molecule has 0 fully saturated rings. The van der Waals surface area contributed by atoms with Gasteiger partial charge in [-0.15, -0.1) is 0 Å². The molecule has 140 valence electrons. The van der Waals surface area contributed by atoms with Gasteiger partial charge in [-0.05, 0) is 42.3 Å². The smallest absolute Gasteiger partial charge is 0.256 e. The number of nitrogens with zero attached hydrogens (tertiary/aromatic N) is 1. The van der Waals surface area contributed by atoms with Crippen LogP contribution in [0.15, 0.2) is 54.6 Å². The number of hydrogen-bond donors (Lipinski definition) is 2. The van der Waals surface area contributed by atoms with Crippen molar-refractivity contribution in [1.82, 2.24) is 4.98 Å². The molecule has 0 unspecified atom stereocenters. The highest BCUT2D eigenvalue weighted by molar-refractivity contribution is 7.92. The van der Waals surface area contributed by atoms with E-state index in [1.807, 2.05) is 44.2 Å². The summed E-state index contributed by atoms with van der Waals surface area (Å²) in [5.41, 5.74) is 3.20. The summed E-state index contributed by atoms with van der Waals surface area (Å²) >= 11 is 0. The van der Waals surface area contributed by atoms with E-state index >= 15 is 0 Å². The lowest BCUT2D eigenvalue weighted by Gasteiger charge is -2.12. The van der Waals surface area contributed by atoms with Crippen molar-refractivity contribution >= 4 is 38.2 Å². The third kappa shape index (κ3) is 4.62. The molecule has 0 aliphatic rings. The van der Waals surface area contributed by atoms with Crippen molar-refractivity contribution in [2.75, 3.05) is 16.3 Å². The van der Waals surface area contributed by atoms with E-state index in [9.17, 15) is 13.2 Å². The van der Waals surface area contributed by atoms with Crippen LogP contribution in [0.3, 0.4) is 0 Å². The van der Waals surface area contributed by atoms with Crippen LogP contribution in [-0.2, 0) is 10.0 Å². The van der Waals surface area contributed by atoms with Gasteiger partial charge in [0.1, 0.15) is 0 Å². The second-order valence-corrected chi connectivity index (χ2v) is 8.42. The largest absolute Gasteiger partial charge is 0.322 e.